The second-order valence-electron chi connectivity index (χ2n) is 2.95. The monoisotopic (exact) mass is 182 g/mol. The van der Waals surface area contributed by atoms with Gasteiger partial charge in [0.2, 0.25) is 0 Å². The van der Waals surface area contributed by atoms with Crippen LogP contribution in [0.3, 0.4) is 0 Å². The van der Waals surface area contributed by atoms with Crippen LogP contribution >= 0.6 is 0 Å². The fraction of sp³-hybridized carbons (Fsp3) is 0.556. The Kier molecular flexibility index (Phi) is 2.45. The molecule has 0 aliphatic carbocycles. The van der Waals surface area contributed by atoms with Gasteiger partial charge in [0.15, 0.2) is 9.84 Å². The van der Waals surface area contributed by atoms with E-state index in [0.29, 0.717) is 6.42 Å². The topological polar surface area (TPSA) is 34.1 Å². The number of terminal acetylenes is 2. The lowest BCUT2D eigenvalue weighted by Crippen LogP contribution is -2.31. The van der Waals surface area contributed by atoms with Gasteiger partial charge in [0.25, 0.3) is 0 Å². The van der Waals surface area contributed by atoms with Gasteiger partial charge < -0.3 is 0 Å². The smallest absolute Gasteiger partial charge is 0.151 e. The van der Waals surface area contributed by atoms with Gasteiger partial charge in [0, 0.05) is 11.8 Å². The lowest BCUT2D eigenvalue weighted by molar-refractivity contribution is 0.486. The summed E-state index contributed by atoms with van der Waals surface area (Å²) in [4.78, 5) is 0. The molecule has 1 aliphatic rings. The Hall–Kier alpha value is -0.930. The van der Waals surface area contributed by atoms with Crippen molar-refractivity contribution < 1.29 is 8.42 Å². The van der Waals surface area contributed by atoms with Gasteiger partial charge in [0.05, 0.1) is 11.5 Å². The Balaban J connectivity index is 2.83. The van der Waals surface area contributed by atoms with Crippen LogP contribution in [0, 0.1) is 36.5 Å². The fourth-order valence-electron chi connectivity index (χ4n) is 1.34. The molecule has 1 heterocycles. The third kappa shape index (κ3) is 1.81. The summed E-state index contributed by atoms with van der Waals surface area (Å²) < 4.78 is 22.2. The molecular formula is C9H10O2S. The highest BCUT2D eigenvalue weighted by Gasteiger charge is 2.30. The van der Waals surface area contributed by atoms with Crippen LogP contribution in [0.25, 0.3) is 0 Å². The summed E-state index contributed by atoms with van der Waals surface area (Å²) in [5.41, 5.74) is 0. The van der Waals surface area contributed by atoms with Gasteiger partial charge in [-0.2, -0.15) is 0 Å². The molecule has 1 saturated heterocycles. The van der Waals surface area contributed by atoms with Crippen LogP contribution in [0.4, 0.5) is 0 Å². The summed E-state index contributed by atoms with van der Waals surface area (Å²) in [5.74, 6) is 4.87. The molecular weight excluding hydrogens is 172 g/mol. The minimum Gasteiger partial charge on any atom is -0.229 e. The number of sulfone groups is 1. The van der Waals surface area contributed by atoms with E-state index in [1.54, 1.807) is 0 Å². The van der Waals surface area contributed by atoms with Gasteiger partial charge in [-0.15, -0.1) is 24.7 Å². The molecule has 2 unspecified atom stereocenters. The first-order chi connectivity index (χ1) is 5.59. The number of rotatable bonds is 0. The third-order valence-electron chi connectivity index (χ3n) is 2.09. The van der Waals surface area contributed by atoms with E-state index >= 15 is 0 Å². The van der Waals surface area contributed by atoms with Crippen molar-refractivity contribution in [2.45, 2.75) is 6.42 Å². The maximum absolute atomic E-state index is 11.1. The van der Waals surface area contributed by atoms with Gasteiger partial charge in [0.1, 0.15) is 0 Å². The van der Waals surface area contributed by atoms with E-state index in [9.17, 15) is 8.42 Å². The van der Waals surface area contributed by atoms with Crippen molar-refractivity contribution in [2.75, 3.05) is 11.5 Å². The zero-order chi connectivity index (χ0) is 9.19. The van der Waals surface area contributed by atoms with E-state index < -0.39 is 9.84 Å². The lowest BCUT2D eigenvalue weighted by atomic mass is 9.93. The van der Waals surface area contributed by atoms with E-state index in [1.807, 2.05) is 0 Å². The second kappa shape index (κ2) is 3.21. The highest BCUT2D eigenvalue weighted by molar-refractivity contribution is 7.91. The van der Waals surface area contributed by atoms with Gasteiger partial charge in [-0.1, -0.05) is 0 Å². The Morgan fingerprint density at radius 1 is 1.17 bits per heavy atom. The third-order valence-corrected chi connectivity index (χ3v) is 3.81. The Morgan fingerprint density at radius 2 is 1.75 bits per heavy atom. The molecule has 0 aromatic heterocycles. The normalized spacial score (nSPS) is 33.2. The summed E-state index contributed by atoms with van der Waals surface area (Å²) in [6.45, 7) is 0. The molecule has 1 aliphatic heterocycles. The van der Waals surface area contributed by atoms with Crippen LogP contribution in [0.15, 0.2) is 0 Å². The van der Waals surface area contributed by atoms with Gasteiger partial charge in [-0.05, 0) is 6.42 Å². The average molecular weight is 182 g/mol. The molecule has 0 N–H and O–H groups in total. The number of hydrogen-bond donors (Lipinski definition) is 0. The van der Waals surface area contributed by atoms with Crippen molar-refractivity contribution in [1.82, 2.24) is 0 Å². The van der Waals surface area contributed by atoms with Gasteiger partial charge in [-0.25, -0.2) is 8.42 Å². The van der Waals surface area contributed by atoms with E-state index in [1.165, 1.54) is 0 Å². The summed E-state index contributed by atoms with van der Waals surface area (Å²) in [7, 11) is -2.93. The first kappa shape index (κ1) is 9.16. The molecule has 0 saturated carbocycles. The Bertz CT molecular complexity index is 340. The molecule has 2 nitrogen and oxygen atoms in total. The largest absolute Gasteiger partial charge is 0.229 e. The SMILES string of the molecule is C#CC1CCS(=O)(=O)CC1C#C. The Labute approximate surface area is 73.3 Å². The lowest BCUT2D eigenvalue weighted by Gasteiger charge is -2.23. The van der Waals surface area contributed by atoms with Crippen molar-refractivity contribution in [1.29, 1.82) is 0 Å². The molecule has 0 radical (unpaired) electrons. The fourth-order valence-corrected chi connectivity index (χ4v) is 3.00. The molecule has 64 valence electrons. The molecule has 0 amide bonds. The molecule has 0 spiro atoms. The summed E-state index contributed by atoms with van der Waals surface area (Å²) in [5, 5.41) is 0. The van der Waals surface area contributed by atoms with Crippen molar-refractivity contribution >= 4 is 9.84 Å². The minimum absolute atomic E-state index is 0.0539. The zero-order valence-electron chi connectivity index (χ0n) is 6.66. The predicted molar refractivity (Wildman–Crippen MR) is 47.9 cm³/mol. The van der Waals surface area contributed by atoms with Crippen LogP contribution in [0.5, 0.6) is 0 Å². The van der Waals surface area contributed by atoms with Gasteiger partial charge in [-0.3, -0.25) is 0 Å². The molecule has 0 aromatic carbocycles. The molecule has 2 atom stereocenters. The van der Waals surface area contributed by atoms with Crippen LogP contribution in [0.1, 0.15) is 6.42 Å². The zero-order valence-corrected chi connectivity index (χ0v) is 7.47. The maximum Gasteiger partial charge on any atom is 0.151 e. The maximum atomic E-state index is 11.1. The molecule has 0 aromatic rings. The Morgan fingerprint density at radius 3 is 2.25 bits per heavy atom. The van der Waals surface area contributed by atoms with E-state index in [-0.39, 0.29) is 23.3 Å². The average Bonchev–Trinajstić information content (AvgIpc) is 2.03. The van der Waals surface area contributed by atoms with Crippen LogP contribution in [-0.2, 0) is 9.84 Å². The first-order valence-electron chi connectivity index (χ1n) is 3.72. The van der Waals surface area contributed by atoms with E-state index in [2.05, 4.69) is 11.8 Å². The highest BCUT2D eigenvalue weighted by atomic mass is 32.2. The summed E-state index contributed by atoms with van der Waals surface area (Å²) in [6, 6.07) is 0. The van der Waals surface area contributed by atoms with Crippen LogP contribution in [-0.4, -0.2) is 19.9 Å². The standard InChI is InChI=1S/C9H10O2S/c1-3-8-5-6-12(10,11)7-9(8)4-2/h1-2,8-9H,5-7H2. The van der Waals surface area contributed by atoms with Crippen molar-refractivity contribution in [3.63, 3.8) is 0 Å². The number of hydrogen-bond acceptors (Lipinski definition) is 2. The molecule has 1 rings (SSSR count). The molecule has 12 heavy (non-hydrogen) atoms. The van der Waals surface area contributed by atoms with Crippen LogP contribution in [0.2, 0.25) is 0 Å². The highest BCUT2D eigenvalue weighted by Crippen LogP contribution is 2.23. The van der Waals surface area contributed by atoms with E-state index in [0.717, 1.165) is 0 Å². The molecule has 1 fully saturated rings. The molecule has 0 bridgehead atoms. The minimum atomic E-state index is -2.93. The van der Waals surface area contributed by atoms with Crippen molar-refractivity contribution in [3.05, 3.63) is 0 Å². The first-order valence-corrected chi connectivity index (χ1v) is 5.54. The quantitative estimate of drug-likeness (QED) is 0.505. The van der Waals surface area contributed by atoms with Crippen molar-refractivity contribution in [3.8, 4) is 24.7 Å². The summed E-state index contributed by atoms with van der Waals surface area (Å²) in [6.07, 6.45) is 10.9. The predicted octanol–water partition coefficient (Wildman–Crippen LogP) is 0.304. The van der Waals surface area contributed by atoms with Crippen LogP contribution < -0.4 is 0 Å². The van der Waals surface area contributed by atoms with Crippen molar-refractivity contribution in [2.24, 2.45) is 11.8 Å². The van der Waals surface area contributed by atoms with Gasteiger partial charge >= 0.3 is 0 Å². The van der Waals surface area contributed by atoms with E-state index in [4.69, 9.17) is 12.8 Å². The second-order valence-corrected chi connectivity index (χ2v) is 5.18. The summed E-state index contributed by atoms with van der Waals surface area (Å²) >= 11 is 0. The molecule has 3 heteroatoms.